The number of hydrogen-bond acceptors (Lipinski definition) is 5. The molecule has 0 aliphatic carbocycles. The first-order chi connectivity index (χ1) is 12.9. The molecule has 0 saturated heterocycles. The molecule has 1 aromatic carbocycles. The number of pyridine rings is 1. The van der Waals surface area contributed by atoms with Gasteiger partial charge in [-0.15, -0.1) is 0 Å². The molecule has 0 atom stereocenters. The lowest BCUT2D eigenvalue weighted by molar-refractivity contribution is 0.0523. The summed E-state index contributed by atoms with van der Waals surface area (Å²) in [6.07, 6.45) is 1.45. The van der Waals surface area contributed by atoms with E-state index in [1.807, 2.05) is 0 Å². The topological polar surface area (TPSA) is 68.7 Å². The number of hydrogen-bond donors (Lipinski definition) is 1. The number of rotatable bonds is 6. The molecule has 0 aliphatic heterocycles. The zero-order valence-corrected chi connectivity index (χ0v) is 18.9. The van der Waals surface area contributed by atoms with E-state index < -0.39 is 20.1 Å². The lowest BCUT2D eigenvalue weighted by atomic mass is 10.0. The van der Waals surface area contributed by atoms with Gasteiger partial charge < -0.3 is 14.3 Å². The summed E-state index contributed by atoms with van der Waals surface area (Å²) in [6.45, 7) is 12.8. The first-order valence-electron chi connectivity index (χ1n) is 9.20. The highest BCUT2D eigenvalue weighted by atomic mass is 35.5. The minimum absolute atomic E-state index is 0.0347. The highest BCUT2D eigenvalue weighted by Crippen LogP contribution is 2.37. The summed E-state index contributed by atoms with van der Waals surface area (Å²) in [7, 11) is -1.99. The maximum atomic E-state index is 14.7. The fraction of sp³-hybridized carbons (Fsp3) is 0.500. The van der Waals surface area contributed by atoms with Crippen LogP contribution in [0.15, 0.2) is 12.3 Å². The summed E-state index contributed by atoms with van der Waals surface area (Å²) in [5.74, 6) is -1.61. The van der Waals surface area contributed by atoms with E-state index >= 15 is 0 Å². The number of fused-ring (bicyclic) bond motifs is 1. The molecule has 5 nitrogen and oxygen atoms in total. The summed E-state index contributed by atoms with van der Waals surface area (Å²) in [5, 5.41) is 10.6. The van der Waals surface area contributed by atoms with Crippen molar-refractivity contribution in [2.75, 3.05) is 13.2 Å². The molecule has 0 fully saturated rings. The minimum atomic E-state index is -1.99. The fourth-order valence-electron chi connectivity index (χ4n) is 2.54. The van der Waals surface area contributed by atoms with Crippen LogP contribution in [0, 0.1) is 5.82 Å². The Kier molecular flexibility index (Phi) is 6.73. The van der Waals surface area contributed by atoms with Crippen LogP contribution in [0.4, 0.5) is 4.39 Å². The molecule has 0 bridgehead atoms. The molecule has 0 spiro atoms. The number of carbonyl (C=O) groups is 1. The first-order valence-corrected chi connectivity index (χ1v) is 12.5. The normalized spacial score (nSPS) is 12.4. The molecule has 0 radical (unpaired) electrons. The van der Waals surface area contributed by atoms with Crippen LogP contribution in [-0.2, 0) is 15.6 Å². The predicted molar refractivity (Wildman–Crippen MR) is 111 cm³/mol. The van der Waals surface area contributed by atoms with Crippen LogP contribution >= 0.6 is 11.6 Å². The van der Waals surface area contributed by atoms with Crippen molar-refractivity contribution in [2.24, 2.45) is 0 Å². The Balaban J connectivity index is 2.42. The van der Waals surface area contributed by atoms with Crippen LogP contribution in [0.5, 0.6) is 5.75 Å². The largest absolute Gasteiger partial charge is 0.506 e. The number of carbonyl (C=O) groups excluding carboxylic acids is 1. The number of aromatic hydroxyl groups is 1. The van der Waals surface area contributed by atoms with Crippen LogP contribution in [0.1, 0.15) is 43.6 Å². The summed E-state index contributed by atoms with van der Waals surface area (Å²) in [6, 6.07) is 1.27. The summed E-state index contributed by atoms with van der Waals surface area (Å²) in [5.41, 5.74) is 0.429. The maximum Gasteiger partial charge on any atom is 0.343 e. The van der Waals surface area contributed by atoms with Crippen molar-refractivity contribution in [3.63, 3.8) is 0 Å². The zero-order valence-electron chi connectivity index (χ0n) is 17.2. The third kappa shape index (κ3) is 4.47. The molecule has 28 heavy (non-hydrogen) atoms. The second kappa shape index (κ2) is 8.35. The smallest absolute Gasteiger partial charge is 0.343 e. The van der Waals surface area contributed by atoms with E-state index in [1.54, 1.807) is 6.92 Å². The highest BCUT2D eigenvalue weighted by molar-refractivity contribution is 6.74. The Morgan fingerprint density at radius 1 is 1.36 bits per heavy atom. The number of halogens is 2. The van der Waals surface area contributed by atoms with Gasteiger partial charge in [0.1, 0.15) is 17.1 Å². The molecule has 0 amide bonds. The van der Waals surface area contributed by atoms with Gasteiger partial charge in [0.15, 0.2) is 8.32 Å². The second-order valence-electron chi connectivity index (χ2n) is 8.15. The van der Waals surface area contributed by atoms with Gasteiger partial charge in [-0.1, -0.05) is 32.4 Å². The van der Waals surface area contributed by atoms with Gasteiger partial charge in [-0.25, -0.2) is 9.18 Å². The van der Waals surface area contributed by atoms with Crippen molar-refractivity contribution in [3.8, 4) is 5.75 Å². The molecule has 154 valence electrons. The third-order valence-electron chi connectivity index (χ3n) is 5.24. The predicted octanol–water partition coefficient (Wildman–Crippen LogP) is 5.47. The van der Waals surface area contributed by atoms with Gasteiger partial charge in [0.25, 0.3) is 0 Å². The summed E-state index contributed by atoms with van der Waals surface area (Å²) >= 11 is 6.04. The average Bonchev–Trinajstić information content (AvgIpc) is 2.58. The van der Waals surface area contributed by atoms with Gasteiger partial charge in [0.05, 0.1) is 17.1 Å². The standard InChI is InChI=1S/C20H27ClFNO4Si/c1-7-26-19(25)14-11-23-17-12(8-9-27-28(5,6)20(2,3)4)16(22)15(21)10-13(17)18(14)24/h10-11H,7-9H2,1-6H3,(H,23,24). The van der Waals surface area contributed by atoms with E-state index in [0.717, 1.165) is 0 Å². The number of ether oxygens (including phenoxy) is 1. The summed E-state index contributed by atoms with van der Waals surface area (Å²) in [4.78, 5) is 16.2. The van der Waals surface area contributed by atoms with Gasteiger partial charge in [0, 0.05) is 23.8 Å². The molecule has 0 unspecified atom stereocenters. The van der Waals surface area contributed by atoms with Crippen molar-refractivity contribution in [1.82, 2.24) is 4.98 Å². The van der Waals surface area contributed by atoms with E-state index in [0.29, 0.717) is 6.61 Å². The second-order valence-corrected chi connectivity index (χ2v) is 13.4. The lowest BCUT2D eigenvalue weighted by Crippen LogP contribution is -2.41. The van der Waals surface area contributed by atoms with E-state index in [4.69, 9.17) is 20.8 Å². The number of nitrogens with zero attached hydrogens (tertiary/aromatic N) is 1. The Hall–Kier alpha value is -1.70. The van der Waals surface area contributed by atoms with Crippen molar-refractivity contribution < 1.29 is 23.5 Å². The van der Waals surface area contributed by atoms with Gasteiger partial charge in [0.2, 0.25) is 0 Å². The molecule has 0 aliphatic rings. The van der Waals surface area contributed by atoms with Gasteiger partial charge in [-0.2, -0.15) is 0 Å². The molecule has 0 saturated carbocycles. The fourth-order valence-corrected chi connectivity index (χ4v) is 3.81. The van der Waals surface area contributed by atoms with Gasteiger partial charge >= 0.3 is 5.97 Å². The SMILES string of the molecule is CCOC(=O)c1cnc2c(CCO[Si](C)(C)C(C)(C)C)c(F)c(Cl)cc2c1O. The van der Waals surface area contributed by atoms with E-state index in [2.05, 4.69) is 38.8 Å². The Bertz CT molecular complexity index is 896. The molecule has 2 rings (SSSR count). The van der Waals surface area contributed by atoms with Crippen LogP contribution in [0.3, 0.4) is 0 Å². The number of aromatic nitrogens is 1. The molecular formula is C20H27ClFNO4Si. The molecule has 1 heterocycles. The van der Waals surface area contributed by atoms with Crippen molar-refractivity contribution in [3.05, 3.63) is 34.2 Å². The molecule has 1 N–H and O–H groups in total. The van der Waals surface area contributed by atoms with Crippen molar-refractivity contribution in [2.45, 2.75) is 52.2 Å². The lowest BCUT2D eigenvalue weighted by Gasteiger charge is -2.36. The molecule has 2 aromatic rings. The Labute approximate surface area is 171 Å². The van der Waals surface area contributed by atoms with E-state index in [9.17, 15) is 14.3 Å². The van der Waals surface area contributed by atoms with Gasteiger partial charge in [-0.3, -0.25) is 4.98 Å². The van der Waals surface area contributed by atoms with E-state index in [-0.39, 0.29) is 50.9 Å². The average molecular weight is 428 g/mol. The molecule has 1 aromatic heterocycles. The Morgan fingerprint density at radius 3 is 2.57 bits per heavy atom. The quantitative estimate of drug-likeness (QED) is 0.488. The van der Waals surface area contributed by atoms with E-state index in [1.165, 1.54) is 12.3 Å². The first kappa shape index (κ1) is 22.6. The monoisotopic (exact) mass is 427 g/mol. The maximum absolute atomic E-state index is 14.7. The van der Waals surface area contributed by atoms with Crippen molar-refractivity contribution in [1.29, 1.82) is 0 Å². The van der Waals surface area contributed by atoms with Crippen molar-refractivity contribution >= 4 is 36.8 Å². The third-order valence-corrected chi connectivity index (χ3v) is 10.0. The highest BCUT2D eigenvalue weighted by Gasteiger charge is 2.37. The molecule has 8 heteroatoms. The molecular weight excluding hydrogens is 401 g/mol. The number of benzene rings is 1. The zero-order chi connectivity index (χ0) is 21.3. The summed E-state index contributed by atoms with van der Waals surface area (Å²) < 4.78 is 25.8. The Morgan fingerprint density at radius 2 is 2.00 bits per heavy atom. The van der Waals surface area contributed by atoms with Crippen LogP contribution < -0.4 is 0 Å². The minimum Gasteiger partial charge on any atom is -0.506 e. The number of esters is 1. The van der Waals surface area contributed by atoms with Gasteiger partial charge in [-0.05, 0) is 37.5 Å². The van der Waals surface area contributed by atoms with Crippen LogP contribution in [0.2, 0.25) is 23.2 Å². The van der Waals surface area contributed by atoms with Crippen LogP contribution in [0.25, 0.3) is 10.9 Å². The van der Waals surface area contributed by atoms with Crippen LogP contribution in [-0.4, -0.2) is 37.6 Å².